The molecule has 0 spiro atoms. The molecule has 6 nitrogen and oxygen atoms in total. The Hall–Kier alpha value is -2.73. The minimum absolute atomic E-state index is 0.262. The average molecular weight is 368 g/mol. The Morgan fingerprint density at radius 2 is 1.89 bits per heavy atom. The van der Waals surface area contributed by atoms with Crippen molar-refractivity contribution in [1.29, 1.82) is 0 Å². The Kier molecular flexibility index (Phi) is 4.90. The molecule has 6 heteroatoms. The van der Waals surface area contributed by atoms with Gasteiger partial charge in [0, 0.05) is 30.7 Å². The summed E-state index contributed by atoms with van der Waals surface area (Å²) in [6.45, 7) is 2.35. The molecule has 0 saturated carbocycles. The molecule has 2 unspecified atom stereocenters. The molecule has 0 aromatic heterocycles. The first-order valence-electron chi connectivity index (χ1n) is 9.17. The summed E-state index contributed by atoms with van der Waals surface area (Å²) in [7, 11) is 3.31. The van der Waals surface area contributed by atoms with Crippen molar-refractivity contribution in [3.63, 3.8) is 0 Å². The Labute approximate surface area is 159 Å². The average Bonchev–Trinajstić information content (AvgIpc) is 2.67. The SMILES string of the molecule is COc1cc2c(cc1OC)C1C(COC(=O)Nc3ccccc3)CN1CC2. The van der Waals surface area contributed by atoms with Crippen LogP contribution in [0.5, 0.6) is 11.5 Å². The van der Waals surface area contributed by atoms with Crippen LogP contribution < -0.4 is 14.8 Å². The fourth-order valence-electron chi connectivity index (χ4n) is 4.05. The zero-order valence-corrected chi connectivity index (χ0v) is 15.6. The molecule has 27 heavy (non-hydrogen) atoms. The standard InChI is InChI=1S/C21H24N2O4/c1-25-18-10-14-8-9-23-12-15(20(23)17(14)11-19(18)26-2)13-27-21(24)22-16-6-4-3-5-7-16/h3-7,10-11,15,20H,8-9,12-13H2,1-2H3,(H,22,24). The van der Waals surface area contributed by atoms with Gasteiger partial charge < -0.3 is 14.2 Å². The van der Waals surface area contributed by atoms with Crippen LogP contribution >= 0.6 is 0 Å². The highest BCUT2D eigenvalue weighted by molar-refractivity contribution is 5.84. The molecular formula is C21H24N2O4. The van der Waals surface area contributed by atoms with Crippen LogP contribution in [-0.2, 0) is 11.2 Å². The highest BCUT2D eigenvalue weighted by Crippen LogP contribution is 2.46. The van der Waals surface area contributed by atoms with Crippen LogP contribution in [0.15, 0.2) is 42.5 Å². The number of hydrogen-bond donors (Lipinski definition) is 1. The molecule has 2 heterocycles. The smallest absolute Gasteiger partial charge is 0.411 e. The number of rotatable bonds is 5. The van der Waals surface area contributed by atoms with Gasteiger partial charge in [0.25, 0.3) is 0 Å². The number of para-hydroxylation sites is 1. The van der Waals surface area contributed by atoms with Crippen LogP contribution in [0.4, 0.5) is 10.5 Å². The van der Waals surface area contributed by atoms with Crippen LogP contribution in [-0.4, -0.2) is 44.9 Å². The topological polar surface area (TPSA) is 60.0 Å². The van der Waals surface area contributed by atoms with E-state index in [1.165, 1.54) is 11.1 Å². The first-order chi connectivity index (χ1) is 13.2. The number of nitrogens with one attached hydrogen (secondary N) is 1. The second kappa shape index (κ2) is 7.48. The zero-order valence-electron chi connectivity index (χ0n) is 15.6. The number of nitrogens with zero attached hydrogens (tertiary/aromatic N) is 1. The van der Waals surface area contributed by atoms with E-state index in [0.717, 1.165) is 36.7 Å². The summed E-state index contributed by atoms with van der Waals surface area (Å²) in [5.74, 6) is 1.79. The van der Waals surface area contributed by atoms with Crippen LogP contribution in [0.25, 0.3) is 0 Å². The highest BCUT2D eigenvalue weighted by Gasteiger charge is 2.44. The monoisotopic (exact) mass is 368 g/mol. The van der Waals surface area contributed by atoms with Gasteiger partial charge in [0.15, 0.2) is 11.5 Å². The number of amides is 1. The molecule has 2 atom stereocenters. The van der Waals surface area contributed by atoms with E-state index in [2.05, 4.69) is 22.3 Å². The molecule has 0 aliphatic carbocycles. The quantitative estimate of drug-likeness (QED) is 0.876. The van der Waals surface area contributed by atoms with E-state index in [0.29, 0.717) is 6.61 Å². The number of carbonyl (C=O) groups is 1. The van der Waals surface area contributed by atoms with Gasteiger partial charge in [-0.3, -0.25) is 10.2 Å². The van der Waals surface area contributed by atoms with E-state index in [1.54, 1.807) is 14.2 Å². The van der Waals surface area contributed by atoms with Crippen molar-refractivity contribution in [1.82, 2.24) is 4.90 Å². The molecule has 2 aromatic carbocycles. The summed E-state index contributed by atoms with van der Waals surface area (Å²) in [6.07, 6.45) is 0.580. The Morgan fingerprint density at radius 1 is 1.15 bits per heavy atom. The van der Waals surface area contributed by atoms with Gasteiger partial charge in [0.05, 0.1) is 20.8 Å². The molecule has 0 radical (unpaired) electrons. The van der Waals surface area contributed by atoms with E-state index >= 15 is 0 Å². The predicted molar refractivity (Wildman–Crippen MR) is 102 cm³/mol. The molecule has 1 saturated heterocycles. The largest absolute Gasteiger partial charge is 0.493 e. The summed E-state index contributed by atoms with van der Waals surface area (Å²) in [4.78, 5) is 14.5. The van der Waals surface area contributed by atoms with Crippen molar-refractivity contribution in [2.75, 3.05) is 39.2 Å². The highest BCUT2D eigenvalue weighted by atomic mass is 16.5. The molecular weight excluding hydrogens is 344 g/mol. The third kappa shape index (κ3) is 3.45. The van der Waals surface area contributed by atoms with E-state index in [4.69, 9.17) is 14.2 Å². The number of carbonyl (C=O) groups excluding carboxylic acids is 1. The van der Waals surface area contributed by atoms with Crippen molar-refractivity contribution in [3.8, 4) is 11.5 Å². The lowest BCUT2D eigenvalue weighted by atomic mass is 9.78. The van der Waals surface area contributed by atoms with Gasteiger partial charge in [0.1, 0.15) is 0 Å². The van der Waals surface area contributed by atoms with Gasteiger partial charge in [0.2, 0.25) is 0 Å². The molecule has 142 valence electrons. The van der Waals surface area contributed by atoms with E-state index in [-0.39, 0.29) is 12.0 Å². The lowest BCUT2D eigenvalue weighted by Crippen LogP contribution is -2.54. The molecule has 2 aromatic rings. The summed E-state index contributed by atoms with van der Waals surface area (Å²) >= 11 is 0. The normalized spacial score (nSPS) is 20.7. The van der Waals surface area contributed by atoms with Crippen LogP contribution in [0.3, 0.4) is 0 Å². The predicted octanol–water partition coefficient (Wildman–Crippen LogP) is 3.48. The Morgan fingerprint density at radius 3 is 2.63 bits per heavy atom. The van der Waals surface area contributed by atoms with E-state index in [9.17, 15) is 4.79 Å². The number of methoxy groups -OCH3 is 2. The minimum Gasteiger partial charge on any atom is -0.493 e. The number of hydrogen-bond acceptors (Lipinski definition) is 5. The number of ether oxygens (including phenoxy) is 3. The summed E-state index contributed by atoms with van der Waals surface area (Å²) in [5, 5.41) is 2.76. The van der Waals surface area contributed by atoms with E-state index < -0.39 is 6.09 Å². The lowest BCUT2D eigenvalue weighted by molar-refractivity contribution is -0.0275. The number of anilines is 1. The van der Waals surface area contributed by atoms with Crippen molar-refractivity contribution in [2.45, 2.75) is 12.5 Å². The summed E-state index contributed by atoms with van der Waals surface area (Å²) in [5.41, 5.74) is 3.27. The summed E-state index contributed by atoms with van der Waals surface area (Å²) < 4.78 is 16.4. The maximum atomic E-state index is 12.1. The molecule has 0 bridgehead atoms. The second-order valence-electron chi connectivity index (χ2n) is 6.95. The first kappa shape index (κ1) is 17.7. The molecule has 2 aliphatic heterocycles. The fourth-order valence-corrected chi connectivity index (χ4v) is 4.05. The van der Waals surface area contributed by atoms with Crippen LogP contribution in [0.2, 0.25) is 0 Å². The maximum Gasteiger partial charge on any atom is 0.411 e. The minimum atomic E-state index is -0.414. The lowest BCUT2D eigenvalue weighted by Gasteiger charge is -2.51. The Balaban J connectivity index is 1.42. The molecule has 4 rings (SSSR count). The van der Waals surface area contributed by atoms with Crippen molar-refractivity contribution < 1.29 is 19.0 Å². The molecule has 1 N–H and O–H groups in total. The molecule has 2 aliphatic rings. The molecule has 1 fully saturated rings. The van der Waals surface area contributed by atoms with Gasteiger partial charge in [-0.2, -0.15) is 0 Å². The van der Waals surface area contributed by atoms with Gasteiger partial charge in [-0.1, -0.05) is 18.2 Å². The van der Waals surface area contributed by atoms with Crippen molar-refractivity contribution >= 4 is 11.8 Å². The van der Waals surface area contributed by atoms with Gasteiger partial charge in [-0.05, 0) is 41.8 Å². The van der Waals surface area contributed by atoms with Crippen LogP contribution in [0, 0.1) is 5.92 Å². The maximum absolute atomic E-state index is 12.1. The fraction of sp³-hybridized carbons (Fsp3) is 0.381. The van der Waals surface area contributed by atoms with Crippen molar-refractivity contribution in [2.24, 2.45) is 5.92 Å². The summed E-state index contributed by atoms with van der Waals surface area (Å²) in [6, 6.07) is 13.7. The molecule has 1 amide bonds. The number of fused-ring (bicyclic) bond motifs is 3. The second-order valence-corrected chi connectivity index (χ2v) is 6.95. The third-order valence-corrected chi connectivity index (χ3v) is 5.39. The third-order valence-electron chi connectivity index (χ3n) is 5.39. The Bertz CT molecular complexity index is 824. The van der Waals surface area contributed by atoms with Gasteiger partial charge >= 0.3 is 6.09 Å². The number of benzene rings is 2. The van der Waals surface area contributed by atoms with Gasteiger partial charge in [-0.15, -0.1) is 0 Å². The van der Waals surface area contributed by atoms with Crippen molar-refractivity contribution in [3.05, 3.63) is 53.6 Å². The zero-order chi connectivity index (χ0) is 18.8. The first-order valence-corrected chi connectivity index (χ1v) is 9.17. The van der Waals surface area contributed by atoms with Crippen LogP contribution in [0.1, 0.15) is 17.2 Å². The van der Waals surface area contributed by atoms with E-state index in [1.807, 2.05) is 30.3 Å². The van der Waals surface area contributed by atoms with Gasteiger partial charge in [-0.25, -0.2) is 4.79 Å².